The molecule has 1 saturated heterocycles. The Morgan fingerprint density at radius 3 is 2.68 bits per heavy atom. The molecular formula is C16H22N2O2S2. The van der Waals surface area contributed by atoms with Crippen molar-refractivity contribution in [3.05, 3.63) is 29.3 Å². The maximum absolute atomic E-state index is 11.7. The van der Waals surface area contributed by atoms with Crippen LogP contribution in [0.3, 0.4) is 0 Å². The number of hydrogen-bond donors (Lipinski definition) is 0. The van der Waals surface area contributed by atoms with Crippen molar-refractivity contribution >= 4 is 32.5 Å². The number of aryl methyl sites for hydroxylation is 2. The molecule has 2 heterocycles. The van der Waals surface area contributed by atoms with Crippen molar-refractivity contribution in [1.82, 2.24) is 0 Å². The molecule has 0 amide bonds. The molecule has 3 rings (SSSR count). The van der Waals surface area contributed by atoms with Gasteiger partial charge in [0, 0.05) is 17.5 Å². The topological polar surface area (TPSA) is 49.7 Å². The van der Waals surface area contributed by atoms with Gasteiger partial charge in [0.05, 0.1) is 17.5 Å². The van der Waals surface area contributed by atoms with Gasteiger partial charge in [0.1, 0.15) is 0 Å². The van der Waals surface area contributed by atoms with Crippen molar-refractivity contribution in [3.63, 3.8) is 0 Å². The van der Waals surface area contributed by atoms with Crippen LogP contribution in [0.1, 0.15) is 24.5 Å². The highest BCUT2D eigenvalue weighted by Crippen LogP contribution is 2.37. The van der Waals surface area contributed by atoms with E-state index in [9.17, 15) is 8.42 Å². The molecular weight excluding hydrogens is 316 g/mol. The Morgan fingerprint density at radius 2 is 2.05 bits per heavy atom. The zero-order valence-corrected chi connectivity index (χ0v) is 14.9. The van der Waals surface area contributed by atoms with E-state index in [1.165, 1.54) is 11.1 Å². The number of nitrogens with zero attached hydrogens (tertiary/aromatic N) is 2. The number of aliphatic imine (C=N–C) groups is 1. The summed E-state index contributed by atoms with van der Waals surface area (Å²) >= 11 is 1.63. The predicted octanol–water partition coefficient (Wildman–Crippen LogP) is 2.79. The average Bonchev–Trinajstić information content (AvgIpc) is 2.92. The fraction of sp³-hybridized carbons (Fsp3) is 0.562. The fourth-order valence-electron chi connectivity index (χ4n) is 2.92. The number of amidine groups is 1. The van der Waals surface area contributed by atoms with E-state index in [-0.39, 0.29) is 22.8 Å². The van der Waals surface area contributed by atoms with E-state index < -0.39 is 9.84 Å². The molecule has 0 saturated carbocycles. The van der Waals surface area contributed by atoms with Crippen LogP contribution in [0, 0.1) is 13.8 Å². The number of thioether (sulfide) groups is 1. The van der Waals surface area contributed by atoms with Gasteiger partial charge in [-0.25, -0.2) is 8.42 Å². The van der Waals surface area contributed by atoms with E-state index in [2.05, 4.69) is 43.9 Å². The van der Waals surface area contributed by atoms with Gasteiger partial charge in [-0.15, -0.1) is 0 Å². The molecule has 0 unspecified atom stereocenters. The van der Waals surface area contributed by atoms with E-state index in [1.54, 1.807) is 11.8 Å². The van der Waals surface area contributed by atoms with Crippen molar-refractivity contribution in [1.29, 1.82) is 0 Å². The minimum atomic E-state index is -2.89. The molecule has 0 aliphatic carbocycles. The van der Waals surface area contributed by atoms with Gasteiger partial charge in [0.25, 0.3) is 0 Å². The van der Waals surface area contributed by atoms with Crippen LogP contribution in [0.4, 0.5) is 5.69 Å². The van der Waals surface area contributed by atoms with Crippen molar-refractivity contribution in [2.45, 2.75) is 38.5 Å². The molecule has 6 heteroatoms. The standard InChI is InChI=1S/C16H22N2O2S2/c1-4-7-18(13-6-5-11(2)12(3)8-13)16-17-14-9-22(19,20)10-15(14)21-16/h5-6,8,14-15H,4,7,9-10H2,1-3H3/t14-,15+/m0/s1. The maximum Gasteiger partial charge on any atom is 0.164 e. The van der Waals surface area contributed by atoms with Crippen molar-refractivity contribution < 1.29 is 8.42 Å². The Kier molecular flexibility index (Phi) is 4.25. The predicted molar refractivity (Wildman–Crippen MR) is 94.8 cm³/mol. The number of fused-ring (bicyclic) bond motifs is 1. The molecule has 0 radical (unpaired) electrons. The third-order valence-electron chi connectivity index (χ3n) is 4.29. The highest BCUT2D eigenvalue weighted by atomic mass is 32.2. The second-order valence-electron chi connectivity index (χ2n) is 6.13. The molecule has 0 bridgehead atoms. The van der Waals surface area contributed by atoms with Crippen LogP contribution >= 0.6 is 11.8 Å². The van der Waals surface area contributed by atoms with Gasteiger partial charge in [-0.3, -0.25) is 4.99 Å². The monoisotopic (exact) mass is 338 g/mol. The molecule has 2 aliphatic rings. The smallest absolute Gasteiger partial charge is 0.164 e. The molecule has 1 aromatic carbocycles. The molecule has 1 fully saturated rings. The van der Waals surface area contributed by atoms with E-state index in [4.69, 9.17) is 4.99 Å². The number of sulfone groups is 1. The molecule has 4 nitrogen and oxygen atoms in total. The highest BCUT2D eigenvalue weighted by molar-refractivity contribution is 8.15. The van der Waals surface area contributed by atoms with Crippen molar-refractivity contribution in [3.8, 4) is 0 Å². The Morgan fingerprint density at radius 1 is 1.27 bits per heavy atom. The molecule has 120 valence electrons. The van der Waals surface area contributed by atoms with Gasteiger partial charge in [-0.2, -0.15) is 0 Å². The number of anilines is 1. The first-order chi connectivity index (χ1) is 10.4. The third kappa shape index (κ3) is 3.04. The molecule has 0 N–H and O–H groups in total. The van der Waals surface area contributed by atoms with Crippen LogP contribution in [0.5, 0.6) is 0 Å². The first kappa shape index (κ1) is 15.9. The normalized spacial score (nSPS) is 25.9. The average molecular weight is 338 g/mol. The molecule has 1 aromatic rings. The van der Waals surface area contributed by atoms with E-state index >= 15 is 0 Å². The van der Waals surface area contributed by atoms with Crippen molar-refractivity contribution in [2.75, 3.05) is 23.0 Å². The number of benzene rings is 1. The summed E-state index contributed by atoms with van der Waals surface area (Å²) in [5.41, 5.74) is 3.70. The minimum absolute atomic E-state index is 0.0594. The second-order valence-corrected chi connectivity index (χ2v) is 9.49. The van der Waals surface area contributed by atoms with Crippen LogP contribution in [0.25, 0.3) is 0 Å². The third-order valence-corrected chi connectivity index (χ3v) is 7.53. The summed E-state index contributed by atoms with van der Waals surface area (Å²) in [6.45, 7) is 7.29. The Balaban J connectivity index is 1.88. The Bertz CT molecular complexity index is 713. The SMILES string of the molecule is CCCN(C1=N[C@H]2CS(=O)(=O)C[C@H]2S1)c1ccc(C)c(C)c1. The zero-order chi connectivity index (χ0) is 15.9. The molecule has 0 spiro atoms. The van der Waals surface area contributed by atoms with Gasteiger partial charge in [-0.05, 0) is 43.5 Å². The lowest BCUT2D eigenvalue weighted by molar-refractivity contribution is 0.601. The van der Waals surface area contributed by atoms with Crippen LogP contribution in [-0.2, 0) is 9.84 Å². The van der Waals surface area contributed by atoms with Crippen LogP contribution in [-0.4, -0.2) is 42.9 Å². The maximum atomic E-state index is 11.7. The molecule has 2 atom stereocenters. The summed E-state index contributed by atoms with van der Waals surface area (Å²) in [5.74, 6) is 0.475. The Labute approximate surface area is 136 Å². The summed E-state index contributed by atoms with van der Waals surface area (Å²) in [4.78, 5) is 6.96. The first-order valence-corrected chi connectivity index (χ1v) is 10.4. The second kappa shape index (κ2) is 5.89. The van der Waals surface area contributed by atoms with Crippen LogP contribution in [0.15, 0.2) is 23.2 Å². The largest absolute Gasteiger partial charge is 0.321 e. The summed E-state index contributed by atoms with van der Waals surface area (Å²) < 4.78 is 23.4. The van der Waals surface area contributed by atoms with Gasteiger partial charge in [0.15, 0.2) is 15.0 Å². The highest BCUT2D eigenvalue weighted by Gasteiger charge is 2.43. The number of hydrogen-bond acceptors (Lipinski definition) is 5. The van der Waals surface area contributed by atoms with Crippen molar-refractivity contribution in [2.24, 2.45) is 4.99 Å². The van der Waals surface area contributed by atoms with Gasteiger partial charge in [-0.1, -0.05) is 24.8 Å². The van der Waals surface area contributed by atoms with Gasteiger partial charge >= 0.3 is 0 Å². The van der Waals surface area contributed by atoms with Gasteiger partial charge < -0.3 is 4.90 Å². The zero-order valence-electron chi connectivity index (χ0n) is 13.2. The lowest BCUT2D eigenvalue weighted by Gasteiger charge is -2.24. The van der Waals surface area contributed by atoms with E-state index in [0.29, 0.717) is 0 Å². The molecule has 22 heavy (non-hydrogen) atoms. The minimum Gasteiger partial charge on any atom is -0.321 e. The van der Waals surface area contributed by atoms with Gasteiger partial charge in [0.2, 0.25) is 0 Å². The Hall–Kier alpha value is -1.01. The lowest BCUT2D eigenvalue weighted by Crippen LogP contribution is -2.29. The fourth-order valence-corrected chi connectivity index (χ4v) is 6.73. The van der Waals surface area contributed by atoms with E-state index in [0.717, 1.165) is 23.8 Å². The summed E-state index contributed by atoms with van der Waals surface area (Å²) in [7, 11) is -2.89. The molecule has 2 aliphatic heterocycles. The summed E-state index contributed by atoms with van der Waals surface area (Å²) in [6.07, 6.45) is 1.03. The quantitative estimate of drug-likeness (QED) is 0.850. The van der Waals surface area contributed by atoms with E-state index in [1.807, 2.05) is 0 Å². The van der Waals surface area contributed by atoms with Crippen LogP contribution in [0.2, 0.25) is 0 Å². The lowest BCUT2D eigenvalue weighted by atomic mass is 10.1. The number of rotatable bonds is 3. The summed E-state index contributed by atoms with van der Waals surface area (Å²) in [5, 5.41) is 1.08. The first-order valence-electron chi connectivity index (χ1n) is 7.69. The molecule has 0 aromatic heterocycles. The van der Waals surface area contributed by atoms with Crippen LogP contribution < -0.4 is 4.90 Å². The summed E-state index contributed by atoms with van der Waals surface area (Å²) in [6, 6.07) is 6.40.